The lowest BCUT2D eigenvalue weighted by atomic mass is 9.48. The number of hydrogen-bond acceptors (Lipinski definition) is 6. The summed E-state index contributed by atoms with van der Waals surface area (Å²) in [6.45, 7) is 0. The van der Waals surface area contributed by atoms with Crippen molar-refractivity contribution >= 4 is 5.90 Å². The molecule has 1 aromatic rings. The highest BCUT2D eigenvalue weighted by Gasteiger charge is 2.80. The van der Waals surface area contributed by atoms with Crippen molar-refractivity contribution in [2.24, 2.45) is 16.7 Å². The minimum Gasteiger partial charge on any atom is -0.447 e. The third kappa shape index (κ3) is 1.68. The second kappa shape index (κ2) is 5.27. The molecule has 7 heteroatoms. The first-order valence-corrected chi connectivity index (χ1v) is 8.45. The first-order chi connectivity index (χ1) is 12.5. The van der Waals surface area contributed by atoms with Crippen molar-refractivity contribution in [3.8, 4) is 18.2 Å². The Bertz CT molecular complexity index is 895. The molecule has 0 unspecified atom stereocenters. The quantitative estimate of drug-likeness (QED) is 0.834. The highest BCUT2D eigenvalue weighted by Crippen LogP contribution is 2.69. The van der Waals surface area contributed by atoms with E-state index in [0.717, 1.165) is 12.8 Å². The van der Waals surface area contributed by atoms with Crippen molar-refractivity contribution in [2.75, 3.05) is 0 Å². The van der Waals surface area contributed by atoms with Gasteiger partial charge in [-0.1, -0.05) is 18.6 Å². The predicted molar refractivity (Wildman–Crippen MR) is 85.4 cm³/mol. The fourth-order valence-corrected chi connectivity index (χ4v) is 4.78. The van der Waals surface area contributed by atoms with E-state index in [-0.39, 0.29) is 0 Å². The van der Waals surface area contributed by atoms with Crippen LogP contribution in [-0.2, 0) is 9.47 Å². The Morgan fingerprint density at radius 1 is 1.08 bits per heavy atom. The monoisotopic (exact) mass is 350 g/mol. The number of nitrogens with one attached hydrogen (secondary N) is 1. The Morgan fingerprint density at radius 2 is 1.77 bits per heavy atom. The van der Waals surface area contributed by atoms with Crippen LogP contribution >= 0.6 is 0 Å². The van der Waals surface area contributed by atoms with Gasteiger partial charge in [-0.15, -0.1) is 0 Å². The molecule has 3 heterocycles. The number of nitrogens with zero attached hydrogens (tertiary/aromatic N) is 3. The molecule has 130 valence electrons. The van der Waals surface area contributed by atoms with Crippen molar-refractivity contribution in [3.05, 3.63) is 35.6 Å². The van der Waals surface area contributed by atoms with Crippen LogP contribution in [0.5, 0.6) is 0 Å². The number of benzene rings is 1. The maximum atomic E-state index is 13.4. The summed E-state index contributed by atoms with van der Waals surface area (Å²) in [6, 6.07) is 11.5. The SMILES string of the molecule is N#CC1(C#N)[C@H]2CCCC[C@@]23OC(=N)[C@@]1(C#N)[C@@H](c1ccc(F)cc1)O3. The molecule has 0 radical (unpaired) electrons. The molecule has 4 aliphatic rings. The lowest BCUT2D eigenvalue weighted by Crippen LogP contribution is -2.73. The van der Waals surface area contributed by atoms with Gasteiger partial charge in [0.15, 0.2) is 10.8 Å². The van der Waals surface area contributed by atoms with Gasteiger partial charge in [0.2, 0.25) is 11.7 Å². The van der Waals surface area contributed by atoms with Crippen molar-refractivity contribution < 1.29 is 13.9 Å². The molecule has 2 bridgehead atoms. The van der Waals surface area contributed by atoms with E-state index in [2.05, 4.69) is 12.1 Å². The average molecular weight is 350 g/mol. The molecule has 0 amide bonds. The third-order valence-corrected chi connectivity index (χ3v) is 5.99. The predicted octanol–water partition coefficient (Wildman–Crippen LogP) is 3.33. The smallest absolute Gasteiger partial charge is 0.218 e. The number of rotatable bonds is 1. The summed E-state index contributed by atoms with van der Waals surface area (Å²) in [5, 5.41) is 38.6. The van der Waals surface area contributed by atoms with Crippen molar-refractivity contribution in [2.45, 2.75) is 37.6 Å². The fourth-order valence-electron chi connectivity index (χ4n) is 4.78. The zero-order valence-corrected chi connectivity index (χ0v) is 13.8. The minimum atomic E-state index is -1.90. The normalized spacial score (nSPS) is 36.8. The van der Waals surface area contributed by atoms with Gasteiger partial charge in [0, 0.05) is 6.42 Å². The summed E-state index contributed by atoms with van der Waals surface area (Å²) in [6.07, 6.45) is 1.45. The van der Waals surface area contributed by atoms with E-state index < -0.39 is 40.4 Å². The van der Waals surface area contributed by atoms with Gasteiger partial charge < -0.3 is 9.47 Å². The molecule has 5 rings (SSSR count). The second-order valence-corrected chi connectivity index (χ2v) is 7.04. The van der Waals surface area contributed by atoms with Gasteiger partial charge in [-0.3, -0.25) is 5.41 Å². The number of hydrogen-bond donors (Lipinski definition) is 1. The van der Waals surface area contributed by atoms with Crippen LogP contribution < -0.4 is 0 Å². The molecule has 1 aromatic carbocycles. The van der Waals surface area contributed by atoms with E-state index in [9.17, 15) is 20.2 Å². The second-order valence-electron chi connectivity index (χ2n) is 7.04. The van der Waals surface area contributed by atoms with Gasteiger partial charge >= 0.3 is 0 Å². The zero-order valence-electron chi connectivity index (χ0n) is 13.8. The van der Waals surface area contributed by atoms with Gasteiger partial charge in [0.25, 0.3) is 0 Å². The van der Waals surface area contributed by atoms with Crippen LogP contribution in [0.1, 0.15) is 37.4 Å². The first kappa shape index (κ1) is 16.5. The molecule has 1 saturated carbocycles. The molecule has 6 nitrogen and oxygen atoms in total. The Kier molecular flexibility index (Phi) is 3.35. The van der Waals surface area contributed by atoms with Crippen LogP contribution in [0.3, 0.4) is 0 Å². The Labute approximate surface area is 149 Å². The van der Waals surface area contributed by atoms with Crippen LogP contribution in [0.2, 0.25) is 0 Å². The van der Waals surface area contributed by atoms with Crippen LogP contribution in [0.15, 0.2) is 24.3 Å². The highest BCUT2D eigenvalue weighted by atomic mass is 19.1. The van der Waals surface area contributed by atoms with Crippen LogP contribution in [0, 0.1) is 62.0 Å². The van der Waals surface area contributed by atoms with Gasteiger partial charge in [-0.05, 0) is 30.5 Å². The number of nitriles is 3. The fraction of sp³-hybridized carbons (Fsp3) is 0.474. The maximum absolute atomic E-state index is 13.4. The summed E-state index contributed by atoms with van der Waals surface area (Å²) in [7, 11) is 0. The summed E-state index contributed by atoms with van der Waals surface area (Å²) in [5.74, 6) is -2.77. The van der Waals surface area contributed by atoms with E-state index in [1.807, 2.05) is 6.07 Å². The third-order valence-electron chi connectivity index (χ3n) is 5.99. The van der Waals surface area contributed by atoms with Crippen LogP contribution in [-0.4, -0.2) is 11.7 Å². The first-order valence-electron chi connectivity index (χ1n) is 8.45. The molecule has 4 fully saturated rings. The van der Waals surface area contributed by atoms with E-state index in [0.29, 0.717) is 18.4 Å². The topological polar surface area (TPSA) is 114 Å². The van der Waals surface area contributed by atoms with Gasteiger partial charge in [-0.25, -0.2) is 4.39 Å². The Morgan fingerprint density at radius 3 is 2.38 bits per heavy atom. The summed E-state index contributed by atoms with van der Waals surface area (Å²) < 4.78 is 25.4. The van der Waals surface area contributed by atoms with Gasteiger partial charge in [0.05, 0.1) is 24.1 Å². The van der Waals surface area contributed by atoms with Crippen molar-refractivity contribution in [1.82, 2.24) is 0 Å². The van der Waals surface area contributed by atoms with Crippen LogP contribution in [0.4, 0.5) is 4.39 Å². The molecular weight excluding hydrogens is 335 g/mol. The van der Waals surface area contributed by atoms with E-state index in [4.69, 9.17) is 14.9 Å². The molecule has 1 N–H and O–H groups in total. The summed E-state index contributed by atoms with van der Waals surface area (Å²) in [4.78, 5) is 0. The molecule has 4 atom stereocenters. The largest absolute Gasteiger partial charge is 0.447 e. The van der Waals surface area contributed by atoms with E-state index in [1.54, 1.807) is 0 Å². The Balaban J connectivity index is 2.00. The molecule has 3 saturated heterocycles. The molecule has 26 heavy (non-hydrogen) atoms. The van der Waals surface area contributed by atoms with Crippen molar-refractivity contribution in [3.63, 3.8) is 0 Å². The number of ether oxygens (including phenoxy) is 2. The molecule has 0 aromatic heterocycles. The lowest BCUT2D eigenvalue weighted by molar-refractivity contribution is -0.360. The van der Waals surface area contributed by atoms with Crippen LogP contribution in [0.25, 0.3) is 0 Å². The molecular formula is C19H15FN4O2. The standard InChI is InChI=1S/C19H15FN4O2/c20-13-6-4-12(5-7-13)15-18(11-23)16(24)26-19(25-15)8-2-1-3-14(19)17(18,9-21)10-22/h4-7,14-15,24H,1-3,8H2/t14-,15-,18-,19-/m1/s1. The minimum absolute atomic E-state index is 0.415. The summed E-state index contributed by atoms with van der Waals surface area (Å²) in [5.41, 5.74) is -3.23. The van der Waals surface area contributed by atoms with Gasteiger partial charge in [-0.2, -0.15) is 15.8 Å². The van der Waals surface area contributed by atoms with E-state index in [1.165, 1.54) is 24.3 Å². The summed E-state index contributed by atoms with van der Waals surface area (Å²) >= 11 is 0. The highest BCUT2D eigenvalue weighted by molar-refractivity contribution is 5.89. The van der Waals surface area contributed by atoms with E-state index >= 15 is 0 Å². The van der Waals surface area contributed by atoms with Crippen molar-refractivity contribution in [1.29, 1.82) is 21.2 Å². The lowest BCUT2D eigenvalue weighted by Gasteiger charge is -2.63. The zero-order chi connectivity index (χ0) is 18.6. The Hall–Kier alpha value is -2.95. The molecule has 3 aliphatic heterocycles. The molecule has 1 spiro atoms. The number of halogens is 1. The van der Waals surface area contributed by atoms with Gasteiger partial charge in [0.1, 0.15) is 11.9 Å². The maximum Gasteiger partial charge on any atom is 0.218 e. The average Bonchev–Trinajstić information content (AvgIpc) is 2.66. The molecule has 1 aliphatic carbocycles. The number of fused-ring (bicyclic) bond motifs is 2.